The number of carbonyl (C=O) groups is 4. The van der Waals surface area contributed by atoms with E-state index >= 15 is 0 Å². The fourth-order valence-electron chi connectivity index (χ4n) is 5.24. The van der Waals surface area contributed by atoms with E-state index in [0.29, 0.717) is 59.8 Å². The van der Waals surface area contributed by atoms with Crippen LogP contribution in [0.3, 0.4) is 0 Å². The Balaban J connectivity index is 1.37. The molecule has 46 heavy (non-hydrogen) atoms. The number of carboxylic acids is 1. The highest BCUT2D eigenvalue weighted by Crippen LogP contribution is 2.30. The van der Waals surface area contributed by atoms with Gasteiger partial charge in [0.1, 0.15) is 0 Å². The second kappa shape index (κ2) is 14.2. The summed E-state index contributed by atoms with van der Waals surface area (Å²) in [6, 6.07) is 23.2. The molecule has 0 radical (unpaired) electrons. The van der Waals surface area contributed by atoms with E-state index in [4.69, 9.17) is 5.26 Å². The summed E-state index contributed by atoms with van der Waals surface area (Å²) < 4.78 is 0. The van der Waals surface area contributed by atoms with Crippen LogP contribution in [0.4, 0.5) is 11.4 Å². The lowest BCUT2D eigenvalue weighted by Gasteiger charge is -2.37. The predicted octanol–water partition coefficient (Wildman–Crippen LogP) is 4.42. The first kappa shape index (κ1) is 31.4. The van der Waals surface area contributed by atoms with Gasteiger partial charge in [0.15, 0.2) is 0 Å². The highest BCUT2D eigenvalue weighted by molar-refractivity contribution is 6.07. The first-order chi connectivity index (χ1) is 22.2. The summed E-state index contributed by atoms with van der Waals surface area (Å²) in [5.74, 6) is -2.06. The van der Waals surface area contributed by atoms with E-state index in [9.17, 15) is 24.3 Å². The van der Waals surface area contributed by atoms with Crippen LogP contribution in [-0.2, 0) is 4.79 Å². The third-order valence-corrected chi connectivity index (χ3v) is 7.78. The molecule has 0 bridgehead atoms. The molecule has 1 unspecified atom stereocenters. The lowest BCUT2D eigenvalue weighted by molar-refractivity contribution is -0.137. The van der Waals surface area contributed by atoms with Crippen LogP contribution >= 0.6 is 0 Å². The zero-order valence-electron chi connectivity index (χ0n) is 25.1. The molecule has 0 saturated carbocycles. The third kappa shape index (κ3) is 7.54. The molecular formula is C35H32N6O5. The number of nitrogens with one attached hydrogen (secondary N) is 2. The van der Waals surface area contributed by atoms with Gasteiger partial charge in [-0.05, 0) is 67.1 Å². The molecular weight excluding hydrogens is 584 g/mol. The molecule has 1 aliphatic heterocycles. The van der Waals surface area contributed by atoms with Gasteiger partial charge in [-0.1, -0.05) is 29.8 Å². The minimum Gasteiger partial charge on any atom is -0.481 e. The van der Waals surface area contributed by atoms with Gasteiger partial charge in [-0.15, -0.1) is 0 Å². The van der Waals surface area contributed by atoms with Gasteiger partial charge in [-0.25, -0.2) is 0 Å². The van der Waals surface area contributed by atoms with Crippen LogP contribution < -0.4 is 15.5 Å². The van der Waals surface area contributed by atoms with E-state index in [1.165, 1.54) is 12.4 Å². The van der Waals surface area contributed by atoms with Crippen molar-refractivity contribution in [2.24, 2.45) is 0 Å². The zero-order chi connectivity index (χ0) is 32.6. The van der Waals surface area contributed by atoms with Crippen molar-refractivity contribution in [2.45, 2.75) is 19.4 Å². The molecule has 1 atom stereocenters. The number of aromatic nitrogens is 1. The summed E-state index contributed by atoms with van der Waals surface area (Å²) in [5.41, 5.74) is 4.34. The van der Waals surface area contributed by atoms with E-state index in [0.717, 1.165) is 5.56 Å². The number of nitrogens with zero attached hydrogens (tertiary/aromatic N) is 4. The SMILES string of the molecule is Cc1ccc(C(CC(=O)O)NC(=O)c2ccc(N3CCN(C(=O)c4ccc(C#N)cc4)CC3)c(NC(=O)c3ccncc3)c2)cc1. The molecule has 5 rings (SSSR count). The van der Waals surface area contributed by atoms with Gasteiger partial charge in [0.05, 0.1) is 35.5 Å². The van der Waals surface area contributed by atoms with Gasteiger partial charge in [-0.3, -0.25) is 24.2 Å². The van der Waals surface area contributed by atoms with Crippen LogP contribution in [0, 0.1) is 18.3 Å². The Morgan fingerprint density at radius 3 is 2.13 bits per heavy atom. The monoisotopic (exact) mass is 616 g/mol. The number of nitriles is 1. The van der Waals surface area contributed by atoms with Gasteiger partial charge in [0.25, 0.3) is 17.7 Å². The Morgan fingerprint density at radius 1 is 0.848 bits per heavy atom. The van der Waals surface area contributed by atoms with E-state index in [-0.39, 0.29) is 23.8 Å². The molecule has 2 heterocycles. The van der Waals surface area contributed by atoms with Gasteiger partial charge in [0, 0.05) is 55.3 Å². The van der Waals surface area contributed by atoms with Crippen molar-refractivity contribution in [3.8, 4) is 6.07 Å². The Bertz CT molecular complexity index is 1780. The van der Waals surface area contributed by atoms with Gasteiger partial charge in [-0.2, -0.15) is 5.26 Å². The number of carbonyl (C=O) groups excluding carboxylic acids is 3. The maximum atomic E-state index is 13.5. The quantitative estimate of drug-likeness (QED) is 0.250. The normalized spacial score (nSPS) is 13.3. The van der Waals surface area contributed by atoms with Gasteiger partial charge in [0.2, 0.25) is 0 Å². The highest BCUT2D eigenvalue weighted by Gasteiger charge is 2.26. The number of benzene rings is 3. The van der Waals surface area contributed by atoms with Crippen LogP contribution in [0.2, 0.25) is 0 Å². The maximum absolute atomic E-state index is 13.5. The molecule has 1 aliphatic rings. The van der Waals surface area contributed by atoms with Gasteiger partial charge >= 0.3 is 5.97 Å². The Morgan fingerprint density at radius 2 is 1.50 bits per heavy atom. The third-order valence-electron chi connectivity index (χ3n) is 7.78. The van der Waals surface area contributed by atoms with Crippen molar-refractivity contribution >= 4 is 35.1 Å². The smallest absolute Gasteiger partial charge is 0.305 e. The number of carboxylic acid groups (broad SMARTS) is 1. The van der Waals surface area contributed by atoms with Crippen LogP contribution in [0.1, 0.15) is 60.2 Å². The van der Waals surface area contributed by atoms with Crippen molar-refractivity contribution in [3.63, 3.8) is 0 Å². The molecule has 0 aliphatic carbocycles. The molecule has 4 aromatic rings. The number of anilines is 2. The molecule has 3 amide bonds. The second-order valence-electron chi connectivity index (χ2n) is 10.9. The van der Waals surface area contributed by atoms with Crippen LogP contribution in [-0.4, -0.2) is 64.9 Å². The molecule has 0 spiro atoms. The minimum atomic E-state index is -1.05. The largest absolute Gasteiger partial charge is 0.481 e. The summed E-state index contributed by atoms with van der Waals surface area (Å²) in [6.07, 6.45) is 2.72. The minimum absolute atomic E-state index is 0.133. The summed E-state index contributed by atoms with van der Waals surface area (Å²) in [4.78, 5) is 59.1. The first-order valence-corrected chi connectivity index (χ1v) is 14.7. The van der Waals surface area contributed by atoms with Crippen LogP contribution in [0.25, 0.3) is 0 Å². The highest BCUT2D eigenvalue weighted by atomic mass is 16.4. The fourth-order valence-corrected chi connectivity index (χ4v) is 5.24. The Kier molecular flexibility index (Phi) is 9.68. The molecule has 3 aromatic carbocycles. The van der Waals surface area contributed by atoms with Crippen molar-refractivity contribution in [3.05, 3.63) is 125 Å². The second-order valence-corrected chi connectivity index (χ2v) is 10.9. The summed E-state index contributed by atoms with van der Waals surface area (Å²) >= 11 is 0. The molecule has 3 N–H and O–H groups in total. The van der Waals surface area contributed by atoms with Crippen molar-refractivity contribution in [1.82, 2.24) is 15.2 Å². The average Bonchev–Trinajstić information content (AvgIpc) is 3.08. The Hall–Kier alpha value is -6.02. The maximum Gasteiger partial charge on any atom is 0.305 e. The Labute approximate surface area is 266 Å². The summed E-state index contributed by atoms with van der Waals surface area (Å²) in [7, 11) is 0. The molecule has 11 heteroatoms. The summed E-state index contributed by atoms with van der Waals surface area (Å²) in [6.45, 7) is 3.71. The number of pyridine rings is 1. The standard InChI is InChI=1S/C35H32N6O5/c1-23-2-6-25(7-3-23)29(21-32(42)43)38-34(45)28-10-11-31(30(20-28)39-33(44)26-12-14-37-15-13-26)40-16-18-41(19-17-40)35(46)27-8-4-24(22-36)5-9-27/h2-15,20,29H,16-19,21H2,1H3,(H,38,45)(H,39,44)(H,42,43). The molecule has 1 saturated heterocycles. The number of piperazine rings is 1. The average molecular weight is 617 g/mol. The van der Waals surface area contributed by atoms with E-state index in [1.807, 2.05) is 30.0 Å². The van der Waals surface area contributed by atoms with Crippen molar-refractivity contribution in [1.29, 1.82) is 5.26 Å². The van der Waals surface area contributed by atoms with Crippen LogP contribution in [0.5, 0.6) is 0 Å². The van der Waals surface area contributed by atoms with E-state index in [1.54, 1.807) is 71.6 Å². The molecule has 11 nitrogen and oxygen atoms in total. The number of aryl methyl sites for hydroxylation is 1. The first-order valence-electron chi connectivity index (χ1n) is 14.7. The number of aliphatic carboxylic acids is 1. The van der Waals surface area contributed by atoms with Crippen molar-refractivity contribution in [2.75, 3.05) is 36.4 Å². The number of hydrogen-bond acceptors (Lipinski definition) is 7. The number of hydrogen-bond donors (Lipinski definition) is 3. The van der Waals surface area contributed by atoms with E-state index < -0.39 is 17.9 Å². The van der Waals surface area contributed by atoms with Crippen molar-refractivity contribution < 1.29 is 24.3 Å². The zero-order valence-corrected chi connectivity index (χ0v) is 25.1. The fraction of sp³-hybridized carbons (Fsp3) is 0.200. The van der Waals surface area contributed by atoms with Crippen LogP contribution in [0.15, 0.2) is 91.3 Å². The molecule has 1 aromatic heterocycles. The lowest BCUT2D eigenvalue weighted by Crippen LogP contribution is -2.49. The predicted molar refractivity (Wildman–Crippen MR) is 172 cm³/mol. The number of amides is 3. The van der Waals surface area contributed by atoms with Gasteiger partial charge < -0.3 is 25.5 Å². The lowest BCUT2D eigenvalue weighted by atomic mass is 10.0. The summed E-state index contributed by atoms with van der Waals surface area (Å²) in [5, 5.41) is 24.3. The molecule has 232 valence electrons. The number of rotatable bonds is 9. The topological polar surface area (TPSA) is 156 Å². The molecule has 1 fully saturated rings. The van der Waals surface area contributed by atoms with E-state index in [2.05, 4.69) is 15.6 Å².